The number of hydrogen-bond acceptors (Lipinski definition) is 5. The summed E-state index contributed by atoms with van der Waals surface area (Å²) < 4.78 is 11.5. The topological polar surface area (TPSA) is 64.6 Å². The van der Waals surface area contributed by atoms with Crippen molar-refractivity contribution in [1.82, 2.24) is 5.32 Å². The maximum absolute atomic E-state index is 13.1. The number of benzene rings is 2. The van der Waals surface area contributed by atoms with E-state index >= 15 is 0 Å². The molecule has 1 aliphatic rings. The lowest BCUT2D eigenvalue weighted by Crippen LogP contribution is -2.32. The molecule has 0 amide bonds. The van der Waals surface area contributed by atoms with Crippen molar-refractivity contribution in [3.8, 4) is 0 Å². The van der Waals surface area contributed by atoms with Crippen LogP contribution >= 0.6 is 15.9 Å². The Balaban J connectivity index is 1.99. The molecule has 3 rings (SSSR count). The summed E-state index contributed by atoms with van der Waals surface area (Å²) in [6.07, 6.45) is 0. The fourth-order valence-corrected chi connectivity index (χ4v) is 3.70. The molecule has 2 aromatic carbocycles. The zero-order chi connectivity index (χ0) is 21.0. The van der Waals surface area contributed by atoms with Crippen LogP contribution in [-0.4, -0.2) is 19.0 Å². The molecule has 0 aromatic heterocycles. The summed E-state index contributed by atoms with van der Waals surface area (Å²) in [5.74, 6) is -1.54. The summed E-state index contributed by atoms with van der Waals surface area (Å²) in [6.45, 7) is 3.76. The van der Waals surface area contributed by atoms with Gasteiger partial charge in [0.1, 0.15) is 6.61 Å². The number of methoxy groups -OCH3 is 1. The van der Waals surface area contributed by atoms with Crippen molar-refractivity contribution < 1.29 is 19.1 Å². The lowest BCUT2D eigenvalue weighted by atomic mass is 9.80. The third-order valence-electron chi connectivity index (χ3n) is 4.80. The zero-order valence-corrected chi connectivity index (χ0v) is 18.1. The van der Waals surface area contributed by atoms with Gasteiger partial charge in [-0.3, -0.25) is 0 Å². The summed E-state index contributed by atoms with van der Waals surface area (Å²) in [6, 6.07) is 17.0. The molecule has 0 saturated carbocycles. The number of dihydropyridines is 1. The van der Waals surface area contributed by atoms with Crippen LogP contribution in [0.15, 0.2) is 81.6 Å². The second-order valence-electron chi connectivity index (χ2n) is 6.74. The highest BCUT2D eigenvalue weighted by molar-refractivity contribution is 9.10. The van der Waals surface area contributed by atoms with Gasteiger partial charge in [-0.1, -0.05) is 58.4 Å². The van der Waals surface area contributed by atoms with Crippen LogP contribution in [-0.2, 0) is 25.7 Å². The molecule has 0 bridgehead atoms. The average molecular weight is 456 g/mol. The minimum absolute atomic E-state index is 0.153. The fraction of sp³-hybridized carbons (Fsp3) is 0.217. The van der Waals surface area contributed by atoms with Gasteiger partial charge in [0.05, 0.1) is 24.2 Å². The smallest absolute Gasteiger partial charge is 0.337 e. The van der Waals surface area contributed by atoms with E-state index in [0.29, 0.717) is 22.5 Å². The Morgan fingerprint density at radius 3 is 2.10 bits per heavy atom. The fourth-order valence-electron chi connectivity index (χ4n) is 3.43. The number of nitrogens with one attached hydrogen (secondary N) is 1. The molecule has 1 heterocycles. The van der Waals surface area contributed by atoms with Gasteiger partial charge in [0.15, 0.2) is 0 Å². The van der Waals surface area contributed by atoms with E-state index < -0.39 is 17.9 Å². The number of carbonyl (C=O) groups excluding carboxylic acids is 2. The van der Waals surface area contributed by atoms with Crippen molar-refractivity contribution in [2.45, 2.75) is 26.4 Å². The van der Waals surface area contributed by atoms with Gasteiger partial charge in [0, 0.05) is 15.9 Å². The molecule has 6 heteroatoms. The number of ether oxygens (including phenoxy) is 2. The molecule has 2 aromatic rings. The zero-order valence-electron chi connectivity index (χ0n) is 16.5. The molecule has 5 nitrogen and oxygen atoms in total. The SMILES string of the molecule is COC(=O)C1=C(C)NC(C)=C(C(=O)OCc2ccccc2)[C@@H]1c1ccc(Br)cc1. The van der Waals surface area contributed by atoms with Gasteiger partial charge in [-0.2, -0.15) is 0 Å². The molecular formula is C23H22BrNO4. The number of allylic oxidation sites excluding steroid dienone is 2. The first-order chi connectivity index (χ1) is 13.9. The summed E-state index contributed by atoms with van der Waals surface area (Å²) >= 11 is 3.43. The lowest BCUT2D eigenvalue weighted by Gasteiger charge is -2.30. The first kappa shape index (κ1) is 20.9. The summed E-state index contributed by atoms with van der Waals surface area (Å²) in [5, 5.41) is 3.13. The molecule has 0 saturated heterocycles. The molecule has 29 heavy (non-hydrogen) atoms. The number of rotatable bonds is 5. The van der Waals surface area contributed by atoms with E-state index in [2.05, 4.69) is 21.2 Å². The molecule has 0 fully saturated rings. The highest BCUT2D eigenvalue weighted by Crippen LogP contribution is 2.39. The first-order valence-corrected chi connectivity index (χ1v) is 9.95. The predicted octanol–water partition coefficient (Wildman–Crippen LogP) is 4.60. The van der Waals surface area contributed by atoms with E-state index in [0.717, 1.165) is 15.6 Å². The second kappa shape index (κ2) is 9.09. The Bertz CT molecular complexity index is 978. The molecule has 1 aliphatic heterocycles. The summed E-state index contributed by atoms with van der Waals surface area (Å²) in [4.78, 5) is 25.7. The van der Waals surface area contributed by atoms with Gasteiger partial charge in [0.25, 0.3) is 0 Å². The van der Waals surface area contributed by atoms with Gasteiger partial charge in [-0.25, -0.2) is 9.59 Å². The van der Waals surface area contributed by atoms with Gasteiger partial charge in [0.2, 0.25) is 0 Å². The van der Waals surface area contributed by atoms with E-state index in [9.17, 15) is 9.59 Å². The number of hydrogen-bond donors (Lipinski definition) is 1. The average Bonchev–Trinajstić information content (AvgIpc) is 2.72. The molecule has 150 valence electrons. The van der Waals surface area contributed by atoms with Crippen LogP contribution in [0.5, 0.6) is 0 Å². The number of esters is 2. The summed E-state index contributed by atoms with van der Waals surface area (Å²) in [7, 11) is 1.33. The van der Waals surface area contributed by atoms with Crippen LogP contribution in [0.3, 0.4) is 0 Å². The van der Waals surface area contributed by atoms with Crippen LogP contribution in [0, 0.1) is 0 Å². The highest BCUT2D eigenvalue weighted by atomic mass is 79.9. The van der Waals surface area contributed by atoms with Crippen molar-refractivity contribution in [1.29, 1.82) is 0 Å². The van der Waals surface area contributed by atoms with Crippen LogP contribution in [0.1, 0.15) is 30.9 Å². The van der Waals surface area contributed by atoms with Crippen LogP contribution in [0.4, 0.5) is 0 Å². The molecular weight excluding hydrogens is 434 g/mol. The van der Waals surface area contributed by atoms with Gasteiger partial charge < -0.3 is 14.8 Å². The Kier molecular flexibility index (Phi) is 6.54. The Morgan fingerprint density at radius 1 is 0.931 bits per heavy atom. The lowest BCUT2D eigenvalue weighted by molar-refractivity contribution is -0.140. The molecule has 1 atom stereocenters. The van der Waals surface area contributed by atoms with Gasteiger partial charge in [-0.15, -0.1) is 0 Å². The van der Waals surface area contributed by atoms with E-state index in [1.807, 2.05) is 61.5 Å². The maximum Gasteiger partial charge on any atom is 0.337 e. The van der Waals surface area contributed by atoms with E-state index in [1.54, 1.807) is 6.92 Å². The van der Waals surface area contributed by atoms with Crippen LogP contribution in [0.2, 0.25) is 0 Å². The van der Waals surface area contributed by atoms with Crippen molar-refractivity contribution in [2.24, 2.45) is 0 Å². The molecule has 0 radical (unpaired) electrons. The number of carbonyl (C=O) groups is 2. The molecule has 0 spiro atoms. The van der Waals surface area contributed by atoms with Crippen molar-refractivity contribution in [3.05, 3.63) is 92.7 Å². The Labute approximate surface area is 178 Å². The minimum atomic E-state index is -0.583. The largest absolute Gasteiger partial charge is 0.466 e. The Hall–Kier alpha value is -2.86. The van der Waals surface area contributed by atoms with Crippen molar-refractivity contribution in [2.75, 3.05) is 7.11 Å². The second-order valence-corrected chi connectivity index (χ2v) is 7.66. The third kappa shape index (κ3) is 4.59. The standard InChI is InChI=1S/C23H22BrNO4/c1-14-19(22(26)28-3)21(17-9-11-18(24)12-10-17)20(15(2)25-14)23(27)29-13-16-7-5-4-6-8-16/h4-12,21,25H,13H2,1-3H3/t21-/m1/s1. The Morgan fingerprint density at radius 2 is 1.52 bits per heavy atom. The predicted molar refractivity (Wildman–Crippen MR) is 114 cm³/mol. The van der Waals surface area contributed by atoms with Crippen molar-refractivity contribution in [3.63, 3.8) is 0 Å². The quantitative estimate of drug-likeness (QED) is 0.667. The third-order valence-corrected chi connectivity index (χ3v) is 5.33. The van der Waals surface area contributed by atoms with Crippen LogP contribution in [0.25, 0.3) is 0 Å². The van der Waals surface area contributed by atoms with E-state index in [-0.39, 0.29) is 6.61 Å². The first-order valence-electron chi connectivity index (χ1n) is 9.15. The molecule has 1 N–H and O–H groups in total. The van der Waals surface area contributed by atoms with Gasteiger partial charge >= 0.3 is 11.9 Å². The number of halogens is 1. The molecule has 0 unspecified atom stereocenters. The highest BCUT2D eigenvalue weighted by Gasteiger charge is 2.37. The summed E-state index contributed by atoms with van der Waals surface area (Å²) in [5.41, 5.74) is 3.80. The minimum Gasteiger partial charge on any atom is -0.466 e. The van der Waals surface area contributed by atoms with E-state index in [4.69, 9.17) is 9.47 Å². The molecule has 0 aliphatic carbocycles. The maximum atomic E-state index is 13.1. The van der Waals surface area contributed by atoms with Crippen LogP contribution < -0.4 is 5.32 Å². The normalized spacial score (nSPS) is 16.3. The van der Waals surface area contributed by atoms with Gasteiger partial charge in [-0.05, 0) is 37.1 Å². The van der Waals surface area contributed by atoms with Crippen molar-refractivity contribution >= 4 is 27.9 Å². The van der Waals surface area contributed by atoms with E-state index in [1.165, 1.54) is 7.11 Å². The monoisotopic (exact) mass is 455 g/mol.